The van der Waals surface area contributed by atoms with Gasteiger partial charge in [-0.05, 0) is 54.4 Å². The van der Waals surface area contributed by atoms with Gasteiger partial charge < -0.3 is 10.6 Å². The van der Waals surface area contributed by atoms with Crippen LogP contribution in [0.1, 0.15) is 23.6 Å². The summed E-state index contributed by atoms with van der Waals surface area (Å²) >= 11 is 7.25. The smallest absolute Gasteiger partial charge is 0.170 e. The van der Waals surface area contributed by atoms with Crippen LogP contribution in [0.4, 0.5) is 5.69 Å². The molecule has 2 nitrogen and oxygen atoms in total. The van der Waals surface area contributed by atoms with Crippen molar-refractivity contribution in [3.8, 4) is 0 Å². The molecule has 0 unspecified atom stereocenters. The van der Waals surface area contributed by atoms with Crippen LogP contribution in [0, 0.1) is 6.92 Å². The summed E-state index contributed by atoms with van der Waals surface area (Å²) in [7, 11) is 0. The average molecular weight is 345 g/mol. The normalized spacial score (nSPS) is 10.3. The van der Waals surface area contributed by atoms with Crippen LogP contribution in [0.2, 0.25) is 0 Å². The number of rotatable bonds is 7. The lowest BCUT2D eigenvalue weighted by molar-refractivity contribution is 0.989. The molecule has 2 N–H and O–H groups in total. The molecule has 0 aliphatic heterocycles. The van der Waals surface area contributed by atoms with Gasteiger partial charge in [-0.3, -0.25) is 0 Å². The maximum Gasteiger partial charge on any atom is 0.170 e. The van der Waals surface area contributed by atoms with Crippen LogP contribution in [-0.2, 0) is 12.2 Å². The summed E-state index contributed by atoms with van der Waals surface area (Å²) in [5, 5.41) is 7.17. The molecule has 23 heavy (non-hydrogen) atoms. The van der Waals surface area contributed by atoms with Crippen molar-refractivity contribution < 1.29 is 0 Å². The van der Waals surface area contributed by atoms with Crippen molar-refractivity contribution in [2.24, 2.45) is 0 Å². The van der Waals surface area contributed by atoms with E-state index in [2.05, 4.69) is 73.0 Å². The first-order valence-corrected chi connectivity index (χ1v) is 9.51. The summed E-state index contributed by atoms with van der Waals surface area (Å²) in [6.45, 7) is 5.19. The fourth-order valence-corrected chi connectivity index (χ4v) is 3.34. The van der Waals surface area contributed by atoms with Gasteiger partial charge in [-0.1, -0.05) is 43.3 Å². The highest BCUT2D eigenvalue weighted by Crippen LogP contribution is 2.15. The Hall–Kier alpha value is -1.52. The molecule has 2 aromatic rings. The van der Waals surface area contributed by atoms with E-state index in [4.69, 9.17) is 12.2 Å². The molecule has 0 aromatic heterocycles. The molecular formula is C19H24N2S2. The Balaban J connectivity index is 1.64. The third kappa shape index (κ3) is 6.24. The van der Waals surface area contributed by atoms with Crippen molar-refractivity contribution in [2.45, 2.75) is 26.0 Å². The van der Waals surface area contributed by atoms with E-state index in [1.54, 1.807) is 0 Å². The number of thioether (sulfide) groups is 1. The molecule has 0 saturated heterocycles. The van der Waals surface area contributed by atoms with Gasteiger partial charge in [0.2, 0.25) is 0 Å². The number of thiocarbonyl (C=S) groups is 1. The SMILES string of the molecule is CCc1ccc(NC(=S)NCCSCc2ccccc2C)cc1. The summed E-state index contributed by atoms with van der Waals surface area (Å²) in [4.78, 5) is 0. The molecule has 0 aliphatic rings. The summed E-state index contributed by atoms with van der Waals surface area (Å²) in [6, 6.07) is 16.9. The van der Waals surface area contributed by atoms with Crippen molar-refractivity contribution in [1.82, 2.24) is 5.32 Å². The topological polar surface area (TPSA) is 24.1 Å². The zero-order valence-electron chi connectivity index (χ0n) is 13.8. The summed E-state index contributed by atoms with van der Waals surface area (Å²) in [5.41, 5.74) is 5.14. The Bertz CT molecular complexity index is 624. The lowest BCUT2D eigenvalue weighted by Gasteiger charge is -2.11. The fourth-order valence-electron chi connectivity index (χ4n) is 2.19. The molecule has 0 fully saturated rings. The predicted octanol–water partition coefficient (Wildman–Crippen LogP) is 4.78. The Morgan fingerprint density at radius 2 is 1.83 bits per heavy atom. The first-order valence-electron chi connectivity index (χ1n) is 7.95. The second-order valence-electron chi connectivity index (χ2n) is 5.41. The maximum atomic E-state index is 5.33. The molecule has 4 heteroatoms. The van der Waals surface area contributed by atoms with Crippen molar-refractivity contribution in [2.75, 3.05) is 17.6 Å². The number of nitrogens with one attached hydrogen (secondary N) is 2. The minimum absolute atomic E-state index is 0.686. The van der Waals surface area contributed by atoms with E-state index in [1.165, 1.54) is 16.7 Å². The summed E-state index contributed by atoms with van der Waals surface area (Å²) in [6.07, 6.45) is 1.06. The molecule has 0 radical (unpaired) electrons. The molecule has 0 saturated carbocycles. The molecule has 122 valence electrons. The molecule has 0 amide bonds. The van der Waals surface area contributed by atoms with Crippen LogP contribution >= 0.6 is 24.0 Å². The monoisotopic (exact) mass is 344 g/mol. The third-order valence-corrected chi connectivity index (χ3v) is 4.93. The summed E-state index contributed by atoms with van der Waals surface area (Å²) < 4.78 is 0. The number of hydrogen-bond acceptors (Lipinski definition) is 2. The Morgan fingerprint density at radius 3 is 2.52 bits per heavy atom. The van der Waals surface area contributed by atoms with Crippen LogP contribution in [0.15, 0.2) is 48.5 Å². The van der Waals surface area contributed by atoms with E-state index in [1.807, 2.05) is 11.8 Å². The van der Waals surface area contributed by atoms with E-state index < -0.39 is 0 Å². The Labute approximate surface area is 149 Å². The molecule has 2 aromatic carbocycles. The van der Waals surface area contributed by atoms with Gasteiger partial charge in [0, 0.05) is 23.7 Å². The van der Waals surface area contributed by atoms with E-state index in [9.17, 15) is 0 Å². The largest absolute Gasteiger partial charge is 0.362 e. The minimum atomic E-state index is 0.686. The molecule has 0 aliphatic carbocycles. The van der Waals surface area contributed by atoms with E-state index in [0.29, 0.717) is 5.11 Å². The van der Waals surface area contributed by atoms with Gasteiger partial charge >= 0.3 is 0 Å². The number of aryl methyl sites for hydroxylation is 2. The van der Waals surface area contributed by atoms with Gasteiger partial charge in [0.25, 0.3) is 0 Å². The standard InChI is InChI=1S/C19H24N2S2/c1-3-16-8-10-18(11-9-16)21-19(22)20-12-13-23-14-17-7-5-4-6-15(17)2/h4-11H,3,12-14H2,1-2H3,(H2,20,21,22). The predicted molar refractivity (Wildman–Crippen MR) is 107 cm³/mol. The lowest BCUT2D eigenvalue weighted by Crippen LogP contribution is -2.30. The second kappa shape index (κ2) is 9.58. The highest BCUT2D eigenvalue weighted by Gasteiger charge is 1.99. The van der Waals surface area contributed by atoms with Gasteiger partial charge in [0.1, 0.15) is 0 Å². The van der Waals surface area contributed by atoms with Gasteiger partial charge in [0.15, 0.2) is 5.11 Å². The van der Waals surface area contributed by atoms with Crippen molar-refractivity contribution in [3.05, 3.63) is 65.2 Å². The van der Waals surface area contributed by atoms with Gasteiger partial charge in [-0.25, -0.2) is 0 Å². The second-order valence-corrected chi connectivity index (χ2v) is 6.92. The number of anilines is 1. The van der Waals surface area contributed by atoms with E-state index in [0.717, 1.165) is 30.2 Å². The number of hydrogen-bond donors (Lipinski definition) is 2. The van der Waals surface area contributed by atoms with Crippen LogP contribution in [-0.4, -0.2) is 17.4 Å². The maximum absolute atomic E-state index is 5.33. The van der Waals surface area contributed by atoms with Gasteiger partial charge in [0.05, 0.1) is 0 Å². The fraction of sp³-hybridized carbons (Fsp3) is 0.316. The van der Waals surface area contributed by atoms with Crippen molar-refractivity contribution in [1.29, 1.82) is 0 Å². The van der Waals surface area contributed by atoms with Crippen molar-refractivity contribution in [3.63, 3.8) is 0 Å². The quantitative estimate of drug-likeness (QED) is 0.558. The molecule has 0 atom stereocenters. The molecule has 0 spiro atoms. The third-order valence-electron chi connectivity index (χ3n) is 3.67. The Morgan fingerprint density at radius 1 is 1.09 bits per heavy atom. The first kappa shape index (κ1) is 17.8. The van der Waals surface area contributed by atoms with Crippen LogP contribution in [0.3, 0.4) is 0 Å². The van der Waals surface area contributed by atoms with Gasteiger partial charge in [-0.15, -0.1) is 0 Å². The number of benzene rings is 2. The van der Waals surface area contributed by atoms with Crippen LogP contribution < -0.4 is 10.6 Å². The lowest BCUT2D eigenvalue weighted by atomic mass is 10.1. The minimum Gasteiger partial charge on any atom is -0.362 e. The van der Waals surface area contributed by atoms with Crippen LogP contribution in [0.25, 0.3) is 0 Å². The average Bonchev–Trinajstić information content (AvgIpc) is 2.57. The highest BCUT2D eigenvalue weighted by molar-refractivity contribution is 7.98. The summed E-state index contributed by atoms with van der Waals surface area (Å²) in [5.74, 6) is 2.08. The van der Waals surface area contributed by atoms with Crippen LogP contribution in [0.5, 0.6) is 0 Å². The van der Waals surface area contributed by atoms with E-state index in [-0.39, 0.29) is 0 Å². The molecule has 0 bridgehead atoms. The van der Waals surface area contributed by atoms with Crippen molar-refractivity contribution >= 4 is 34.8 Å². The highest BCUT2D eigenvalue weighted by atomic mass is 32.2. The van der Waals surface area contributed by atoms with E-state index >= 15 is 0 Å². The molecule has 2 rings (SSSR count). The molecule has 0 heterocycles. The first-order chi connectivity index (χ1) is 11.2. The Kier molecular flexibility index (Phi) is 7.43. The zero-order valence-corrected chi connectivity index (χ0v) is 15.4. The zero-order chi connectivity index (χ0) is 16.5. The van der Waals surface area contributed by atoms with Gasteiger partial charge in [-0.2, -0.15) is 11.8 Å². The molecular weight excluding hydrogens is 320 g/mol.